The smallest absolute Gasteiger partial charge is 0.234 e. The maximum absolute atomic E-state index is 13.1. The Labute approximate surface area is 206 Å². The number of benzene rings is 3. The average molecular weight is 474 g/mol. The van der Waals surface area contributed by atoms with E-state index in [-0.39, 0.29) is 11.9 Å². The van der Waals surface area contributed by atoms with E-state index in [1.807, 2.05) is 60.7 Å². The molecule has 2 aliphatic rings. The molecule has 5 rings (SSSR count). The van der Waals surface area contributed by atoms with Crippen LogP contribution in [0, 0.1) is 0 Å². The van der Waals surface area contributed by atoms with Gasteiger partial charge in [0.2, 0.25) is 12.7 Å². The van der Waals surface area contributed by atoms with Gasteiger partial charge in [0.15, 0.2) is 11.5 Å². The second-order valence-electron chi connectivity index (χ2n) is 8.92. The van der Waals surface area contributed by atoms with Crippen molar-refractivity contribution in [2.24, 2.45) is 0 Å². The van der Waals surface area contributed by atoms with Crippen molar-refractivity contribution < 1.29 is 19.0 Å². The standard InChI is InChI=1S/C28H31N3O4/c1-33-24-10-8-23(9-11-24)28(22-5-3-2-4-6-22)29-27(32)19-31-15-13-30(14-16-31)18-21-7-12-25-26(17-21)35-20-34-25/h2-12,17,28H,13-16,18-20H2,1H3,(H,29,32)/t28-/m0/s1. The van der Waals surface area contributed by atoms with Crippen LogP contribution in [0.15, 0.2) is 72.8 Å². The molecular formula is C28H31N3O4. The number of amides is 1. The Morgan fingerprint density at radius 3 is 2.31 bits per heavy atom. The van der Waals surface area contributed by atoms with E-state index in [1.165, 1.54) is 5.56 Å². The topological polar surface area (TPSA) is 63.3 Å². The van der Waals surface area contributed by atoms with Crippen LogP contribution in [-0.2, 0) is 11.3 Å². The summed E-state index contributed by atoms with van der Waals surface area (Å²) in [6.45, 7) is 5.10. The van der Waals surface area contributed by atoms with Gasteiger partial charge >= 0.3 is 0 Å². The lowest BCUT2D eigenvalue weighted by Crippen LogP contribution is -2.49. The minimum atomic E-state index is -0.207. The van der Waals surface area contributed by atoms with Crippen LogP contribution in [0.4, 0.5) is 0 Å². The molecule has 0 unspecified atom stereocenters. The molecule has 1 atom stereocenters. The van der Waals surface area contributed by atoms with Gasteiger partial charge in [0, 0.05) is 32.7 Å². The van der Waals surface area contributed by atoms with Crippen molar-refractivity contribution >= 4 is 5.91 Å². The molecule has 1 saturated heterocycles. The largest absolute Gasteiger partial charge is 0.497 e. The molecule has 0 spiro atoms. The molecule has 0 aromatic heterocycles. The number of methoxy groups -OCH3 is 1. The fourth-order valence-electron chi connectivity index (χ4n) is 4.61. The van der Waals surface area contributed by atoms with Crippen LogP contribution in [-0.4, -0.2) is 62.3 Å². The van der Waals surface area contributed by atoms with E-state index in [2.05, 4.69) is 27.2 Å². The van der Waals surface area contributed by atoms with E-state index in [0.29, 0.717) is 13.3 Å². The molecule has 3 aromatic carbocycles. The van der Waals surface area contributed by atoms with Gasteiger partial charge < -0.3 is 19.5 Å². The highest BCUT2D eigenvalue weighted by molar-refractivity contribution is 5.79. The highest BCUT2D eigenvalue weighted by Gasteiger charge is 2.22. The average Bonchev–Trinajstić information content (AvgIpc) is 3.37. The predicted molar refractivity (Wildman–Crippen MR) is 134 cm³/mol. The summed E-state index contributed by atoms with van der Waals surface area (Å²) >= 11 is 0. The second kappa shape index (κ2) is 10.8. The highest BCUT2D eigenvalue weighted by atomic mass is 16.7. The van der Waals surface area contributed by atoms with Crippen LogP contribution in [0.2, 0.25) is 0 Å². The highest BCUT2D eigenvalue weighted by Crippen LogP contribution is 2.33. The van der Waals surface area contributed by atoms with Gasteiger partial charge in [0.05, 0.1) is 19.7 Å². The third-order valence-corrected chi connectivity index (χ3v) is 6.56. The molecule has 0 saturated carbocycles. The van der Waals surface area contributed by atoms with Crippen LogP contribution in [0.3, 0.4) is 0 Å². The van der Waals surface area contributed by atoms with Crippen LogP contribution in [0.5, 0.6) is 17.2 Å². The zero-order valence-electron chi connectivity index (χ0n) is 20.0. The monoisotopic (exact) mass is 473 g/mol. The SMILES string of the molecule is COc1ccc([C@@H](NC(=O)CN2CCN(Cc3ccc4c(c3)OCO4)CC2)c2ccccc2)cc1. The summed E-state index contributed by atoms with van der Waals surface area (Å²) in [5.41, 5.74) is 3.30. The van der Waals surface area contributed by atoms with Crippen molar-refractivity contribution in [3.8, 4) is 17.2 Å². The molecule has 0 bridgehead atoms. The molecular weight excluding hydrogens is 442 g/mol. The molecule has 1 N–H and O–H groups in total. The quantitative estimate of drug-likeness (QED) is 0.541. The Balaban J connectivity index is 1.16. The Morgan fingerprint density at radius 2 is 1.57 bits per heavy atom. The fourth-order valence-corrected chi connectivity index (χ4v) is 4.61. The van der Waals surface area contributed by atoms with Crippen molar-refractivity contribution in [2.45, 2.75) is 12.6 Å². The molecule has 182 valence electrons. The molecule has 7 nitrogen and oxygen atoms in total. The van der Waals surface area contributed by atoms with Crippen molar-refractivity contribution in [2.75, 3.05) is 46.6 Å². The third-order valence-electron chi connectivity index (χ3n) is 6.56. The van der Waals surface area contributed by atoms with Crippen molar-refractivity contribution in [1.82, 2.24) is 15.1 Å². The number of ether oxygens (including phenoxy) is 3. The maximum atomic E-state index is 13.1. The molecule has 0 radical (unpaired) electrons. The number of rotatable bonds is 8. The first kappa shape index (κ1) is 23.2. The molecule has 2 heterocycles. The predicted octanol–water partition coefficient (Wildman–Crippen LogP) is 3.45. The lowest BCUT2D eigenvalue weighted by Gasteiger charge is -2.34. The Morgan fingerprint density at radius 1 is 0.886 bits per heavy atom. The number of carbonyl (C=O) groups excluding carboxylic acids is 1. The van der Waals surface area contributed by atoms with E-state index in [0.717, 1.165) is 61.1 Å². The summed E-state index contributed by atoms with van der Waals surface area (Å²) in [6.07, 6.45) is 0. The summed E-state index contributed by atoms with van der Waals surface area (Å²) in [4.78, 5) is 17.7. The van der Waals surface area contributed by atoms with Gasteiger partial charge in [-0.3, -0.25) is 14.6 Å². The number of hydrogen-bond acceptors (Lipinski definition) is 6. The summed E-state index contributed by atoms with van der Waals surface area (Å²) in [5, 5.41) is 3.25. The van der Waals surface area contributed by atoms with Gasteiger partial charge in [-0.2, -0.15) is 0 Å². The lowest BCUT2D eigenvalue weighted by molar-refractivity contribution is -0.123. The summed E-state index contributed by atoms with van der Waals surface area (Å²) in [6, 6.07) is 23.9. The molecule has 1 fully saturated rings. The van der Waals surface area contributed by atoms with Crippen molar-refractivity contribution in [1.29, 1.82) is 0 Å². The number of nitrogens with zero attached hydrogens (tertiary/aromatic N) is 2. The third kappa shape index (κ3) is 5.75. The first-order chi connectivity index (χ1) is 17.2. The Kier molecular flexibility index (Phi) is 7.16. The lowest BCUT2D eigenvalue weighted by atomic mass is 9.98. The van der Waals surface area contributed by atoms with Crippen LogP contribution in [0.25, 0.3) is 0 Å². The van der Waals surface area contributed by atoms with Crippen LogP contribution in [0.1, 0.15) is 22.7 Å². The summed E-state index contributed by atoms with van der Waals surface area (Å²) < 4.78 is 16.2. The molecule has 2 aliphatic heterocycles. The summed E-state index contributed by atoms with van der Waals surface area (Å²) in [5.74, 6) is 2.46. The number of piperazine rings is 1. The van der Waals surface area contributed by atoms with E-state index >= 15 is 0 Å². The number of fused-ring (bicyclic) bond motifs is 1. The maximum Gasteiger partial charge on any atom is 0.234 e. The van der Waals surface area contributed by atoms with Gasteiger partial charge in [-0.25, -0.2) is 0 Å². The minimum absolute atomic E-state index is 0.0268. The minimum Gasteiger partial charge on any atom is -0.497 e. The first-order valence-corrected chi connectivity index (χ1v) is 12.0. The van der Waals surface area contributed by atoms with Crippen LogP contribution < -0.4 is 19.5 Å². The number of nitrogens with one attached hydrogen (secondary N) is 1. The zero-order valence-corrected chi connectivity index (χ0v) is 20.0. The fraction of sp³-hybridized carbons (Fsp3) is 0.321. The number of carbonyl (C=O) groups is 1. The molecule has 1 amide bonds. The van der Waals surface area contributed by atoms with Gasteiger partial charge in [-0.05, 0) is 41.0 Å². The van der Waals surface area contributed by atoms with Gasteiger partial charge in [-0.15, -0.1) is 0 Å². The molecule has 7 heteroatoms. The normalized spacial score (nSPS) is 16.6. The first-order valence-electron chi connectivity index (χ1n) is 12.0. The van der Waals surface area contributed by atoms with E-state index in [1.54, 1.807) is 7.11 Å². The number of hydrogen-bond donors (Lipinski definition) is 1. The Hall–Kier alpha value is -3.55. The van der Waals surface area contributed by atoms with Gasteiger partial charge in [0.25, 0.3) is 0 Å². The van der Waals surface area contributed by atoms with Gasteiger partial charge in [0.1, 0.15) is 5.75 Å². The second-order valence-corrected chi connectivity index (χ2v) is 8.92. The van der Waals surface area contributed by atoms with E-state index < -0.39 is 0 Å². The van der Waals surface area contributed by atoms with E-state index in [9.17, 15) is 4.79 Å². The molecule has 35 heavy (non-hydrogen) atoms. The van der Waals surface area contributed by atoms with Gasteiger partial charge in [-0.1, -0.05) is 48.5 Å². The summed E-state index contributed by atoms with van der Waals surface area (Å²) in [7, 11) is 1.65. The molecule has 3 aromatic rings. The Bertz CT molecular complexity index is 1130. The van der Waals surface area contributed by atoms with Crippen LogP contribution >= 0.6 is 0 Å². The zero-order chi connectivity index (χ0) is 24.0. The molecule has 0 aliphatic carbocycles. The van der Waals surface area contributed by atoms with Crippen molar-refractivity contribution in [3.05, 3.63) is 89.5 Å². The van der Waals surface area contributed by atoms with E-state index in [4.69, 9.17) is 14.2 Å². The van der Waals surface area contributed by atoms with Crippen molar-refractivity contribution in [3.63, 3.8) is 0 Å².